The van der Waals surface area contributed by atoms with Gasteiger partial charge in [0.2, 0.25) is 11.6 Å². The van der Waals surface area contributed by atoms with E-state index < -0.39 is 23.3 Å². The van der Waals surface area contributed by atoms with Crippen LogP contribution < -0.4 is 18.8 Å². The van der Waals surface area contributed by atoms with Gasteiger partial charge in [-0.15, -0.1) is 0 Å². The zero-order valence-corrected chi connectivity index (χ0v) is 12.0. The standard InChI is InChI=1S/C14H10BF4O4/c1-20-11-5-7(3-9(16)13(11)18)22-15-23-8-4-10(17)14(19)12(6-8)21-2/h3-6H,1-2H3. The van der Waals surface area contributed by atoms with Crippen molar-refractivity contribution in [2.24, 2.45) is 0 Å². The minimum Gasteiger partial charge on any atom is -0.526 e. The number of rotatable bonds is 6. The van der Waals surface area contributed by atoms with E-state index in [1.54, 1.807) is 0 Å². The van der Waals surface area contributed by atoms with Gasteiger partial charge in [0.05, 0.1) is 14.2 Å². The van der Waals surface area contributed by atoms with Crippen LogP contribution in [0.5, 0.6) is 23.0 Å². The summed E-state index contributed by atoms with van der Waals surface area (Å²) < 4.78 is 72.2. The second-order valence-corrected chi connectivity index (χ2v) is 4.17. The third kappa shape index (κ3) is 3.79. The highest BCUT2D eigenvalue weighted by atomic mass is 19.2. The average Bonchev–Trinajstić information content (AvgIpc) is 2.53. The molecular formula is C14H10BF4O4. The van der Waals surface area contributed by atoms with Crippen molar-refractivity contribution in [2.45, 2.75) is 0 Å². The third-order valence-electron chi connectivity index (χ3n) is 2.74. The summed E-state index contributed by atoms with van der Waals surface area (Å²) in [6.07, 6.45) is 0. The molecule has 0 N–H and O–H groups in total. The lowest BCUT2D eigenvalue weighted by Crippen LogP contribution is -2.12. The molecule has 0 unspecified atom stereocenters. The zero-order valence-electron chi connectivity index (χ0n) is 12.0. The van der Waals surface area contributed by atoms with Crippen LogP contribution in [0, 0.1) is 23.3 Å². The molecule has 9 heteroatoms. The Bertz CT molecular complexity index is 652. The van der Waals surface area contributed by atoms with Crippen molar-refractivity contribution in [3.05, 3.63) is 47.5 Å². The lowest BCUT2D eigenvalue weighted by molar-refractivity contribution is 0.363. The van der Waals surface area contributed by atoms with E-state index >= 15 is 0 Å². The number of benzene rings is 2. The Labute approximate surface area is 129 Å². The highest BCUT2D eigenvalue weighted by molar-refractivity contribution is 6.20. The molecule has 0 heterocycles. The Morgan fingerprint density at radius 1 is 0.696 bits per heavy atom. The van der Waals surface area contributed by atoms with Crippen LogP contribution in [0.15, 0.2) is 24.3 Å². The van der Waals surface area contributed by atoms with Crippen molar-refractivity contribution in [2.75, 3.05) is 14.2 Å². The molecule has 0 aromatic heterocycles. The van der Waals surface area contributed by atoms with Gasteiger partial charge in [0.15, 0.2) is 23.1 Å². The molecule has 2 aromatic carbocycles. The summed E-state index contributed by atoms with van der Waals surface area (Å²) in [7, 11) is 3.06. The van der Waals surface area contributed by atoms with Gasteiger partial charge in [0.1, 0.15) is 11.5 Å². The van der Waals surface area contributed by atoms with Gasteiger partial charge in [0.25, 0.3) is 0 Å². The smallest absolute Gasteiger partial charge is 0.526 e. The number of hydrogen-bond acceptors (Lipinski definition) is 4. The first-order valence-corrected chi connectivity index (χ1v) is 6.17. The highest BCUT2D eigenvalue weighted by Gasteiger charge is 2.15. The van der Waals surface area contributed by atoms with E-state index in [9.17, 15) is 17.6 Å². The van der Waals surface area contributed by atoms with Crippen LogP contribution in [-0.4, -0.2) is 21.9 Å². The maximum Gasteiger partial charge on any atom is 0.658 e. The van der Waals surface area contributed by atoms with Crippen molar-refractivity contribution in [3.63, 3.8) is 0 Å². The van der Waals surface area contributed by atoms with E-state index in [4.69, 9.17) is 9.31 Å². The fourth-order valence-electron chi connectivity index (χ4n) is 1.65. The molecule has 2 rings (SSSR count). The van der Waals surface area contributed by atoms with E-state index in [0.29, 0.717) is 0 Å². The van der Waals surface area contributed by atoms with Gasteiger partial charge in [-0.1, -0.05) is 0 Å². The molecule has 0 fully saturated rings. The van der Waals surface area contributed by atoms with Crippen molar-refractivity contribution < 1.29 is 36.3 Å². The summed E-state index contributed by atoms with van der Waals surface area (Å²) in [5.74, 6) is -5.63. The normalized spacial score (nSPS) is 10.2. The largest absolute Gasteiger partial charge is 0.658 e. The highest BCUT2D eigenvalue weighted by Crippen LogP contribution is 2.28. The summed E-state index contributed by atoms with van der Waals surface area (Å²) in [5.41, 5.74) is 0. The van der Waals surface area contributed by atoms with E-state index in [0.717, 1.165) is 46.2 Å². The molecule has 121 valence electrons. The maximum absolute atomic E-state index is 13.3. The Morgan fingerprint density at radius 3 is 1.43 bits per heavy atom. The van der Waals surface area contributed by atoms with Crippen molar-refractivity contribution in [1.82, 2.24) is 0 Å². The van der Waals surface area contributed by atoms with Crippen LogP contribution in [0.4, 0.5) is 17.6 Å². The van der Waals surface area contributed by atoms with Crippen LogP contribution in [0.3, 0.4) is 0 Å². The van der Waals surface area contributed by atoms with Gasteiger partial charge in [0, 0.05) is 24.3 Å². The van der Waals surface area contributed by atoms with E-state index in [1.807, 2.05) is 0 Å². The SMILES string of the molecule is COc1cc(O[B]Oc2cc(F)c(F)c(OC)c2)cc(F)c1F. The molecule has 0 saturated carbocycles. The molecule has 0 aliphatic carbocycles. The molecule has 0 amide bonds. The van der Waals surface area contributed by atoms with Crippen molar-refractivity contribution in [3.8, 4) is 23.0 Å². The molecule has 1 radical (unpaired) electrons. The van der Waals surface area contributed by atoms with E-state index in [-0.39, 0.29) is 23.0 Å². The Kier molecular flexibility index (Phi) is 5.20. The first-order chi connectivity index (χ1) is 11.0. The number of hydrogen-bond donors (Lipinski definition) is 0. The summed E-state index contributed by atoms with van der Waals surface area (Å²) >= 11 is 0. The fourth-order valence-corrected chi connectivity index (χ4v) is 1.65. The van der Waals surface area contributed by atoms with Crippen LogP contribution in [0.25, 0.3) is 0 Å². The summed E-state index contributed by atoms with van der Waals surface area (Å²) in [5, 5.41) is 0. The molecule has 0 atom stereocenters. The summed E-state index contributed by atoms with van der Waals surface area (Å²) in [6.45, 7) is 0. The molecule has 4 nitrogen and oxygen atoms in total. The van der Waals surface area contributed by atoms with Crippen molar-refractivity contribution in [1.29, 1.82) is 0 Å². The van der Waals surface area contributed by atoms with E-state index in [1.165, 1.54) is 0 Å². The molecule has 0 spiro atoms. The molecule has 0 saturated heterocycles. The first kappa shape index (κ1) is 16.8. The topological polar surface area (TPSA) is 36.9 Å². The first-order valence-electron chi connectivity index (χ1n) is 6.17. The average molecular weight is 329 g/mol. The van der Waals surface area contributed by atoms with Gasteiger partial charge in [-0.05, 0) is 0 Å². The van der Waals surface area contributed by atoms with Gasteiger partial charge in [-0.25, -0.2) is 8.78 Å². The summed E-state index contributed by atoms with van der Waals surface area (Å²) in [6, 6.07) is 3.71. The Hall–Kier alpha value is -2.58. The molecule has 0 bridgehead atoms. The third-order valence-corrected chi connectivity index (χ3v) is 2.74. The van der Waals surface area contributed by atoms with Gasteiger partial charge in [-0.3, -0.25) is 0 Å². The van der Waals surface area contributed by atoms with Crippen LogP contribution in [0.2, 0.25) is 0 Å². The number of ether oxygens (including phenoxy) is 2. The quantitative estimate of drug-likeness (QED) is 0.602. The molecular weight excluding hydrogens is 319 g/mol. The predicted octanol–water partition coefficient (Wildman–Crippen LogP) is 3.25. The monoisotopic (exact) mass is 329 g/mol. The van der Waals surface area contributed by atoms with Gasteiger partial charge < -0.3 is 18.8 Å². The molecule has 0 aliphatic heterocycles. The lowest BCUT2D eigenvalue weighted by Gasteiger charge is -2.10. The lowest BCUT2D eigenvalue weighted by atomic mass is 10.2. The van der Waals surface area contributed by atoms with Gasteiger partial charge in [-0.2, -0.15) is 8.78 Å². The van der Waals surface area contributed by atoms with Gasteiger partial charge >= 0.3 is 7.69 Å². The number of methoxy groups -OCH3 is 2. The minimum atomic E-state index is -1.18. The zero-order chi connectivity index (χ0) is 17.0. The van der Waals surface area contributed by atoms with Crippen LogP contribution >= 0.6 is 0 Å². The van der Waals surface area contributed by atoms with E-state index in [2.05, 4.69) is 9.47 Å². The second kappa shape index (κ2) is 7.12. The van der Waals surface area contributed by atoms with Crippen molar-refractivity contribution >= 4 is 7.69 Å². The Balaban J connectivity index is 2.06. The molecule has 0 aliphatic rings. The summed E-state index contributed by atoms with van der Waals surface area (Å²) in [4.78, 5) is 0. The fraction of sp³-hybridized carbons (Fsp3) is 0.143. The van der Waals surface area contributed by atoms with Crippen LogP contribution in [0.1, 0.15) is 0 Å². The number of halogens is 4. The molecule has 2 aromatic rings. The van der Waals surface area contributed by atoms with Crippen LogP contribution in [-0.2, 0) is 0 Å². The Morgan fingerprint density at radius 2 is 1.09 bits per heavy atom. The second-order valence-electron chi connectivity index (χ2n) is 4.17. The maximum atomic E-state index is 13.3. The predicted molar refractivity (Wildman–Crippen MR) is 72.8 cm³/mol. The molecule has 23 heavy (non-hydrogen) atoms. The minimum absolute atomic E-state index is 0.115.